The molecule has 2 heterocycles. The Hall–Kier alpha value is -2.82. The van der Waals surface area contributed by atoms with Crippen LogP contribution in [0.4, 0.5) is 5.69 Å². The average Bonchev–Trinajstić information content (AvgIpc) is 2.86. The summed E-state index contributed by atoms with van der Waals surface area (Å²) in [5.74, 6) is 0.364. The normalized spacial score (nSPS) is 10.2. The molecular weight excluding hydrogens is 260 g/mol. The van der Waals surface area contributed by atoms with Gasteiger partial charge in [-0.3, -0.25) is 10.1 Å². The zero-order valence-electron chi connectivity index (χ0n) is 11.1. The molecule has 0 fully saturated rings. The number of nitrogens with zero attached hydrogens (tertiary/aromatic N) is 6. The van der Waals surface area contributed by atoms with E-state index < -0.39 is 4.92 Å². The largest absolute Gasteiger partial charge is 0.313 e. The minimum Gasteiger partial charge on any atom is -0.258 e. The van der Waals surface area contributed by atoms with Crippen molar-refractivity contribution in [2.24, 2.45) is 0 Å². The lowest BCUT2D eigenvalue weighted by atomic mass is 10.2. The summed E-state index contributed by atoms with van der Waals surface area (Å²) >= 11 is 0. The number of nitriles is 1. The van der Waals surface area contributed by atoms with Crippen molar-refractivity contribution in [1.29, 1.82) is 5.26 Å². The van der Waals surface area contributed by atoms with Crippen molar-refractivity contribution >= 4 is 5.69 Å². The zero-order chi connectivity index (χ0) is 14.7. The summed E-state index contributed by atoms with van der Waals surface area (Å²) in [6, 6.07) is 1.87. The summed E-state index contributed by atoms with van der Waals surface area (Å²) < 4.78 is 1.42. The molecule has 8 heteroatoms. The van der Waals surface area contributed by atoms with Crippen LogP contribution in [0.25, 0.3) is 5.82 Å². The second kappa shape index (κ2) is 5.44. The van der Waals surface area contributed by atoms with Crippen molar-refractivity contribution in [3.8, 4) is 11.9 Å². The van der Waals surface area contributed by atoms with Crippen LogP contribution >= 0.6 is 0 Å². The van der Waals surface area contributed by atoms with Crippen molar-refractivity contribution in [1.82, 2.24) is 19.7 Å². The fourth-order valence-corrected chi connectivity index (χ4v) is 1.94. The molecule has 0 amide bonds. The molecule has 8 nitrogen and oxygen atoms in total. The standard InChI is InChI=1S/C12H12N6O2/c1-3-9-12(18(19)20)10(4-2)17(16-9)11-7-14-8(5-13)6-15-11/h6-7H,3-4H2,1-2H3. The van der Waals surface area contributed by atoms with E-state index in [0.717, 1.165) is 0 Å². The third kappa shape index (κ3) is 2.21. The van der Waals surface area contributed by atoms with Gasteiger partial charge in [0.05, 0.1) is 17.3 Å². The van der Waals surface area contributed by atoms with Crippen LogP contribution in [0.3, 0.4) is 0 Å². The average molecular weight is 272 g/mol. The minimum absolute atomic E-state index is 0.0289. The first-order valence-electron chi connectivity index (χ1n) is 6.10. The van der Waals surface area contributed by atoms with Gasteiger partial charge in [0.15, 0.2) is 11.5 Å². The van der Waals surface area contributed by atoms with Gasteiger partial charge >= 0.3 is 5.69 Å². The van der Waals surface area contributed by atoms with E-state index in [2.05, 4.69) is 15.1 Å². The monoisotopic (exact) mass is 272 g/mol. The highest BCUT2D eigenvalue weighted by Crippen LogP contribution is 2.26. The predicted molar refractivity (Wildman–Crippen MR) is 69.3 cm³/mol. The molecule has 0 aromatic carbocycles. The van der Waals surface area contributed by atoms with E-state index in [4.69, 9.17) is 5.26 Å². The number of rotatable bonds is 4. The van der Waals surface area contributed by atoms with Crippen LogP contribution in [0.2, 0.25) is 0 Å². The first-order chi connectivity index (χ1) is 9.62. The Kier molecular flexibility index (Phi) is 3.70. The molecule has 0 aliphatic heterocycles. The van der Waals surface area contributed by atoms with Gasteiger partial charge in [-0.2, -0.15) is 10.4 Å². The van der Waals surface area contributed by atoms with Gasteiger partial charge in [0.25, 0.3) is 0 Å². The number of hydrogen-bond donors (Lipinski definition) is 0. The van der Waals surface area contributed by atoms with Gasteiger partial charge in [0.2, 0.25) is 0 Å². The summed E-state index contributed by atoms with van der Waals surface area (Å²) in [6.07, 6.45) is 3.60. The molecule has 0 saturated carbocycles. The molecule has 0 atom stereocenters. The molecule has 0 N–H and O–H groups in total. The number of aryl methyl sites for hydroxylation is 1. The van der Waals surface area contributed by atoms with Crippen molar-refractivity contribution in [3.63, 3.8) is 0 Å². The lowest BCUT2D eigenvalue weighted by molar-refractivity contribution is -0.386. The Labute approximate surface area is 114 Å². The Bertz CT molecular complexity index is 683. The minimum atomic E-state index is -0.418. The third-order valence-corrected chi connectivity index (χ3v) is 2.85. The molecule has 0 bridgehead atoms. The van der Waals surface area contributed by atoms with Crippen LogP contribution in [0.1, 0.15) is 30.9 Å². The Balaban J connectivity index is 2.61. The molecule has 0 aliphatic carbocycles. The Morgan fingerprint density at radius 1 is 1.35 bits per heavy atom. The maximum atomic E-state index is 11.2. The maximum Gasteiger partial charge on any atom is 0.313 e. The number of nitro groups is 1. The molecule has 0 aliphatic rings. The van der Waals surface area contributed by atoms with E-state index in [1.165, 1.54) is 17.1 Å². The molecule has 20 heavy (non-hydrogen) atoms. The van der Waals surface area contributed by atoms with Crippen LogP contribution in [-0.2, 0) is 12.8 Å². The SMILES string of the molecule is CCc1nn(-c2cnc(C#N)cn2)c(CC)c1[N+](=O)[O-]. The van der Waals surface area contributed by atoms with Gasteiger partial charge in [0.1, 0.15) is 17.5 Å². The van der Waals surface area contributed by atoms with E-state index in [0.29, 0.717) is 30.0 Å². The van der Waals surface area contributed by atoms with Crippen LogP contribution in [0.15, 0.2) is 12.4 Å². The molecule has 2 aromatic heterocycles. The highest BCUT2D eigenvalue weighted by Gasteiger charge is 2.26. The Morgan fingerprint density at radius 3 is 2.55 bits per heavy atom. The van der Waals surface area contributed by atoms with E-state index >= 15 is 0 Å². The van der Waals surface area contributed by atoms with Crippen LogP contribution in [-0.4, -0.2) is 24.7 Å². The molecule has 0 unspecified atom stereocenters. The number of aromatic nitrogens is 4. The van der Waals surface area contributed by atoms with Crippen molar-refractivity contribution in [2.45, 2.75) is 26.7 Å². The summed E-state index contributed by atoms with van der Waals surface area (Å²) in [4.78, 5) is 18.7. The highest BCUT2D eigenvalue weighted by molar-refractivity contribution is 5.44. The van der Waals surface area contributed by atoms with Gasteiger partial charge < -0.3 is 0 Å². The molecule has 102 valence electrons. The second-order valence-electron chi connectivity index (χ2n) is 3.99. The summed E-state index contributed by atoms with van der Waals surface area (Å²) in [5.41, 5.74) is 1.11. The van der Waals surface area contributed by atoms with Crippen molar-refractivity contribution in [2.75, 3.05) is 0 Å². The van der Waals surface area contributed by atoms with E-state index in [1.807, 2.05) is 19.9 Å². The third-order valence-electron chi connectivity index (χ3n) is 2.85. The molecular formula is C12H12N6O2. The van der Waals surface area contributed by atoms with Crippen molar-refractivity contribution in [3.05, 3.63) is 39.6 Å². The van der Waals surface area contributed by atoms with Gasteiger partial charge in [0, 0.05) is 0 Å². The van der Waals surface area contributed by atoms with E-state index in [9.17, 15) is 10.1 Å². The fraction of sp³-hybridized carbons (Fsp3) is 0.333. The topological polar surface area (TPSA) is 111 Å². The fourth-order valence-electron chi connectivity index (χ4n) is 1.94. The van der Waals surface area contributed by atoms with Crippen LogP contribution in [0, 0.1) is 21.4 Å². The van der Waals surface area contributed by atoms with Crippen molar-refractivity contribution < 1.29 is 4.92 Å². The van der Waals surface area contributed by atoms with Gasteiger partial charge in [-0.1, -0.05) is 13.8 Å². The Morgan fingerprint density at radius 2 is 2.10 bits per heavy atom. The second-order valence-corrected chi connectivity index (χ2v) is 3.99. The van der Waals surface area contributed by atoms with E-state index in [-0.39, 0.29) is 11.4 Å². The lowest BCUT2D eigenvalue weighted by Gasteiger charge is -2.03. The number of hydrogen-bond acceptors (Lipinski definition) is 6. The lowest BCUT2D eigenvalue weighted by Crippen LogP contribution is -2.05. The quantitative estimate of drug-likeness (QED) is 0.617. The predicted octanol–water partition coefficient (Wildman–Crippen LogP) is 1.57. The molecule has 0 radical (unpaired) electrons. The van der Waals surface area contributed by atoms with Gasteiger partial charge in [-0.25, -0.2) is 14.6 Å². The highest BCUT2D eigenvalue weighted by atomic mass is 16.6. The van der Waals surface area contributed by atoms with Gasteiger partial charge in [-0.15, -0.1) is 0 Å². The molecule has 0 spiro atoms. The summed E-state index contributed by atoms with van der Waals surface area (Å²) in [5, 5.41) is 24.1. The summed E-state index contributed by atoms with van der Waals surface area (Å²) in [7, 11) is 0. The van der Waals surface area contributed by atoms with Crippen LogP contribution < -0.4 is 0 Å². The van der Waals surface area contributed by atoms with Gasteiger partial charge in [-0.05, 0) is 12.8 Å². The van der Waals surface area contributed by atoms with Crippen LogP contribution in [0.5, 0.6) is 0 Å². The smallest absolute Gasteiger partial charge is 0.258 e. The maximum absolute atomic E-state index is 11.2. The van der Waals surface area contributed by atoms with E-state index in [1.54, 1.807) is 0 Å². The first kappa shape index (κ1) is 13.6. The summed E-state index contributed by atoms with van der Waals surface area (Å²) in [6.45, 7) is 3.63. The molecule has 0 saturated heterocycles. The molecule has 2 aromatic rings. The molecule has 2 rings (SSSR count). The zero-order valence-corrected chi connectivity index (χ0v) is 11.1. The first-order valence-corrected chi connectivity index (χ1v) is 6.10.